The summed E-state index contributed by atoms with van der Waals surface area (Å²) in [5.41, 5.74) is 3.44. The van der Waals surface area contributed by atoms with Crippen LogP contribution in [0.15, 0.2) is 54.9 Å². The van der Waals surface area contributed by atoms with Crippen LogP contribution in [0.5, 0.6) is 5.75 Å². The number of hydrogen-bond donors (Lipinski definition) is 0. The Morgan fingerprint density at radius 3 is 2.28 bits per heavy atom. The van der Waals surface area contributed by atoms with Crippen LogP contribution in [0.25, 0.3) is 0 Å². The molecule has 4 rings (SSSR count). The van der Waals surface area contributed by atoms with E-state index in [9.17, 15) is 4.79 Å². The fourth-order valence-electron chi connectivity index (χ4n) is 3.90. The molecule has 1 amide bonds. The minimum absolute atomic E-state index is 0.0106. The number of rotatable bonds is 4. The lowest BCUT2D eigenvalue weighted by atomic mass is 9.91. The van der Waals surface area contributed by atoms with Crippen molar-refractivity contribution < 1.29 is 9.53 Å². The predicted octanol–water partition coefficient (Wildman–Crippen LogP) is 4.32. The van der Waals surface area contributed by atoms with Crippen LogP contribution in [0.1, 0.15) is 49.0 Å². The summed E-state index contributed by atoms with van der Waals surface area (Å²) >= 11 is 0. The van der Waals surface area contributed by atoms with Gasteiger partial charge in [0.05, 0.1) is 19.2 Å². The molecule has 0 fully saturated rings. The molecule has 1 aliphatic heterocycles. The third-order valence-corrected chi connectivity index (χ3v) is 5.52. The van der Waals surface area contributed by atoms with Crippen LogP contribution in [0, 0.1) is 12.8 Å². The second-order valence-corrected chi connectivity index (χ2v) is 7.82. The normalized spacial score (nSPS) is 18.6. The number of carbonyl (C=O) groups excluding carboxylic acids is 1. The van der Waals surface area contributed by atoms with Gasteiger partial charge >= 0.3 is 0 Å². The first-order valence-corrected chi connectivity index (χ1v) is 9.92. The summed E-state index contributed by atoms with van der Waals surface area (Å²) in [7, 11) is 1.65. The SMILES string of the molecule is COc1ccc(C2CC(c3ccc(C)cc3)n3ncnc3N2C(=O)C(C)C)cc1. The van der Waals surface area contributed by atoms with Crippen LogP contribution in [0.3, 0.4) is 0 Å². The van der Waals surface area contributed by atoms with Gasteiger partial charge in [0.2, 0.25) is 11.9 Å². The molecular weight excluding hydrogens is 364 g/mol. The van der Waals surface area contributed by atoms with Crippen molar-refractivity contribution in [2.45, 2.75) is 39.3 Å². The van der Waals surface area contributed by atoms with Crippen molar-refractivity contribution in [3.63, 3.8) is 0 Å². The molecule has 0 N–H and O–H groups in total. The predicted molar refractivity (Wildman–Crippen MR) is 112 cm³/mol. The molecule has 0 bridgehead atoms. The highest BCUT2D eigenvalue weighted by atomic mass is 16.5. The van der Waals surface area contributed by atoms with Crippen molar-refractivity contribution in [1.82, 2.24) is 14.8 Å². The number of anilines is 1. The Morgan fingerprint density at radius 2 is 1.66 bits per heavy atom. The van der Waals surface area contributed by atoms with Gasteiger partial charge in [0, 0.05) is 5.92 Å². The monoisotopic (exact) mass is 390 g/mol. The van der Waals surface area contributed by atoms with Gasteiger partial charge in [0.25, 0.3) is 0 Å². The summed E-state index contributed by atoms with van der Waals surface area (Å²) < 4.78 is 7.19. The third-order valence-electron chi connectivity index (χ3n) is 5.52. The smallest absolute Gasteiger partial charge is 0.232 e. The summed E-state index contributed by atoms with van der Waals surface area (Å²) in [5.74, 6) is 1.30. The highest BCUT2D eigenvalue weighted by Gasteiger charge is 2.39. The van der Waals surface area contributed by atoms with E-state index in [2.05, 4.69) is 41.3 Å². The molecule has 0 spiro atoms. The lowest BCUT2D eigenvalue weighted by Crippen LogP contribution is -2.44. The fraction of sp³-hybridized carbons (Fsp3) is 0.348. The molecule has 2 aromatic carbocycles. The molecule has 0 radical (unpaired) electrons. The number of aromatic nitrogens is 3. The molecule has 6 heteroatoms. The maximum Gasteiger partial charge on any atom is 0.232 e. The molecule has 2 unspecified atom stereocenters. The van der Waals surface area contributed by atoms with Gasteiger partial charge in [-0.3, -0.25) is 9.69 Å². The minimum Gasteiger partial charge on any atom is -0.497 e. The molecule has 0 aliphatic carbocycles. The number of carbonyl (C=O) groups is 1. The van der Waals surface area contributed by atoms with E-state index < -0.39 is 0 Å². The summed E-state index contributed by atoms with van der Waals surface area (Å²) in [5, 5.41) is 4.48. The van der Waals surface area contributed by atoms with E-state index in [-0.39, 0.29) is 23.9 Å². The number of methoxy groups -OCH3 is 1. The van der Waals surface area contributed by atoms with Gasteiger partial charge in [0.15, 0.2) is 0 Å². The average Bonchev–Trinajstić information content (AvgIpc) is 3.22. The zero-order valence-electron chi connectivity index (χ0n) is 17.2. The number of aryl methyl sites for hydroxylation is 1. The summed E-state index contributed by atoms with van der Waals surface area (Å²) in [6.45, 7) is 5.91. The first-order chi connectivity index (χ1) is 14.0. The van der Waals surface area contributed by atoms with Crippen LogP contribution < -0.4 is 9.64 Å². The van der Waals surface area contributed by atoms with Crippen LogP contribution in [-0.2, 0) is 4.79 Å². The Balaban J connectivity index is 1.82. The van der Waals surface area contributed by atoms with Gasteiger partial charge in [-0.05, 0) is 36.6 Å². The molecule has 29 heavy (non-hydrogen) atoms. The Bertz CT molecular complexity index is 992. The topological polar surface area (TPSA) is 60.2 Å². The van der Waals surface area contributed by atoms with E-state index in [1.807, 2.05) is 47.7 Å². The minimum atomic E-state index is -0.142. The molecule has 0 saturated carbocycles. The van der Waals surface area contributed by atoms with Crippen molar-refractivity contribution in [2.24, 2.45) is 5.92 Å². The van der Waals surface area contributed by atoms with Crippen molar-refractivity contribution in [3.05, 3.63) is 71.5 Å². The van der Waals surface area contributed by atoms with Gasteiger partial charge < -0.3 is 4.74 Å². The lowest BCUT2D eigenvalue weighted by Gasteiger charge is -2.40. The third kappa shape index (κ3) is 3.50. The zero-order chi connectivity index (χ0) is 20.5. The maximum atomic E-state index is 13.2. The molecule has 150 valence electrons. The number of benzene rings is 2. The second kappa shape index (κ2) is 7.70. The molecule has 0 saturated heterocycles. The number of hydrogen-bond acceptors (Lipinski definition) is 4. The standard InChI is InChI=1S/C23H26N4O2/c1-15(2)22(28)26-20(17-9-11-19(29-4)12-10-17)13-21(27-23(26)24-14-25-27)18-7-5-16(3)6-8-18/h5-12,14-15,20-21H,13H2,1-4H3. The van der Waals surface area contributed by atoms with Gasteiger partial charge in [0.1, 0.15) is 12.1 Å². The molecule has 1 aliphatic rings. The molecule has 2 atom stereocenters. The van der Waals surface area contributed by atoms with E-state index in [4.69, 9.17) is 4.74 Å². The largest absolute Gasteiger partial charge is 0.497 e. The average molecular weight is 390 g/mol. The summed E-state index contributed by atoms with van der Waals surface area (Å²) in [4.78, 5) is 19.5. The van der Waals surface area contributed by atoms with Crippen LogP contribution in [0.2, 0.25) is 0 Å². The quantitative estimate of drug-likeness (QED) is 0.666. The molecule has 6 nitrogen and oxygen atoms in total. The highest BCUT2D eigenvalue weighted by Crippen LogP contribution is 2.42. The first-order valence-electron chi connectivity index (χ1n) is 9.92. The van der Waals surface area contributed by atoms with Gasteiger partial charge in [-0.25, -0.2) is 4.68 Å². The van der Waals surface area contributed by atoms with E-state index in [1.165, 1.54) is 11.9 Å². The Hall–Kier alpha value is -3.15. The van der Waals surface area contributed by atoms with Gasteiger partial charge in [-0.15, -0.1) is 0 Å². The Morgan fingerprint density at radius 1 is 1.03 bits per heavy atom. The number of ether oxygens (including phenoxy) is 1. The summed E-state index contributed by atoms with van der Waals surface area (Å²) in [6, 6.07) is 16.3. The molecule has 1 aromatic heterocycles. The first kappa shape index (κ1) is 19.2. The molecular formula is C23H26N4O2. The van der Waals surface area contributed by atoms with Crippen molar-refractivity contribution in [2.75, 3.05) is 12.0 Å². The highest BCUT2D eigenvalue weighted by molar-refractivity contribution is 5.94. The van der Waals surface area contributed by atoms with Crippen molar-refractivity contribution in [1.29, 1.82) is 0 Å². The van der Waals surface area contributed by atoms with Gasteiger partial charge in [-0.1, -0.05) is 55.8 Å². The van der Waals surface area contributed by atoms with Crippen molar-refractivity contribution >= 4 is 11.9 Å². The summed E-state index contributed by atoms with van der Waals surface area (Å²) in [6.07, 6.45) is 2.26. The van der Waals surface area contributed by atoms with E-state index >= 15 is 0 Å². The fourth-order valence-corrected chi connectivity index (χ4v) is 3.90. The van der Waals surface area contributed by atoms with Crippen molar-refractivity contribution in [3.8, 4) is 5.75 Å². The van der Waals surface area contributed by atoms with Gasteiger partial charge in [-0.2, -0.15) is 10.1 Å². The zero-order valence-corrected chi connectivity index (χ0v) is 17.2. The number of nitrogens with zero attached hydrogens (tertiary/aromatic N) is 4. The maximum absolute atomic E-state index is 13.2. The number of fused-ring (bicyclic) bond motifs is 1. The van der Waals surface area contributed by atoms with E-state index in [0.717, 1.165) is 23.3 Å². The Labute approximate surface area is 171 Å². The number of amides is 1. The lowest BCUT2D eigenvalue weighted by molar-refractivity contribution is -0.122. The van der Waals surface area contributed by atoms with Crippen LogP contribution in [-0.4, -0.2) is 27.8 Å². The van der Waals surface area contributed by atoms with Crippen LogP contribution in [0.4, 0.5) is 5.95 Å². The second-order valence-electron chi connectivity index (χ2n) is 7.82. The van der Waals surface area contributed by atoms with E-state index in [1.54, 1.807) is 7.11 Å². The van der Waals surface area contributed by atoms with E-state index in [0.29, 0.717) is 5.95 Å². The molecule has 2 heterocycles. The molecule has 3 aromatic rings. The van der Waals surface area contributed by atoms with Crippen LogP contribution >= 0.6 is 0 Å². The Kier molecular flexibility index (Phi) is 5.09.